The quantitative estimate of drug-likeness (QED) is 0.389. The van der Waals surface area contributed by atoms with Crippen molar-refractivity contribution in [2.75, 3.05) is 19.0 Å². The van der Waals surface area contributed by atoms with Gasteiger partial charge in [0.05, 0.1) is 24.7 Å². The molecule has 1 aliphatic rings. The van der Waals surface area contributed by atoms with Crippen molar-refractivity contribution in [3.05, 3.63) is 56.5 Å². The number of hydrogen-bond donors (Lipinski definition) is 2. The zero-order valence-electron chi connectivity index (χ0n) is 15.1. The minimum Gasteiger partial charge on any atom is -0.464 e. The number of carbonyl (C=O) groups is 1. The van der Waals surface area contributed by atoms with E-state index in [1.165, 1.54) is 19.2 Å². The maximum atomic E-state index is 12.0. The molecule has 0 radical (unpaired) electrons. The second kappa shape index (κ2) is 8.49. The van der Waals surface area contributed by atoms with Crippen LogP contribution in [0.2, 0.25) is 5.02 Å². The van der Waals surface area contributed by atoms with E-state index in [9.17, 15) is 20.0 Å². The van der Waals surface area contributed by atoms with Crippen LogP contribution in [0.5, 0.6) is 0 Å². The number of non-ortho nitro benzene ring substituents is 1. The van der Waals surface area contributed by atoms with Gasteiger partial charge in [-0.2, -0.15) is 0 Å². The molecule has 0 bridgehead atoms. The van der Waals surface area contributed by atoms with E-state index in [0.717, 1.165) is 18.4 Å². The van der Waals surface area contributed by atoms with Crippen LogP contribution in [0, 0.1) is 10.1 Å². The number of esters is 1. The fourth-order valence-corrected chi connectivity index (χ4v) is 2.93. The smallest absolute Gasteiger partial charge is 0.358 e. The van der Waals surface area contributed by atoms with Gasteiger partial charge in [0.2, 0.25) is 0 Å². The average Bonchev–Trinajstić information content (AvgIpc) is 3.54. The van der Waals surface area contributed by atoms with Gasteiger partial charge in [-0.25, -0.2) is 14.8 Å². The molecule has 0 aliphatic heterocycles. The molecule has 1 aromatic heterocycles. The molecule has 0 saturated heterocycles. The summed E-state index contributed by atoms with van der Waals surface area (Å²) >= 11 is 6.29. The maximum Gasteiger partial charge on any atom is 0.358 e. The van der Waals surface area contributed by atoms with Crippen LogP contribution >= 0.6 is 11.6 Å². The molecule has 9 nitrogen and oxygen atoms in total. The van der Waals surface area contributed by atoms with Crippen molar-refractivity contribution in [3.63, 3.8) is 0 Å². The van der Waals surface area contributed by atoms with E-state index >= 15 is 0 Å². The van der Waals surface area contributed by atoms with Gasteiger partial charge in [-0.15, -0.1) is 0 Å². The minimum atomic E-state index is -0.659. The van der Waals surface area contributed by atoms with Crippen LogP contribution < -0.4 is 5.32 Å². The topological polar surface area (TPSA) is 127 Å². The van der Waals surface area contributed by atoms with Crippen LogP contribution in [0.1, 0.15) is 40.6 Å². The van der Waals surface area contributed by atoms with Gasteiger partial charge in [-0.3, -0.25) is 10.1 Å². The summed E-state index contributed by atoms with van der Waals surface area (Å²) in [5.41, 5.74) is 0.765. The monoisotopic (exact) mass is 406 g/mol. The number of nitrogens with one attached hydrogen (secondary N) is 1. The van der Waals surface area contributed by atoms with E-state index < -0.39 is 16.9 Å². The third kappa shape index (κ3) is 4.55. The number of nitro benzene ring substituents is 1. The predicted octanol–water partition coefficient (Wildman–Crippen LogP) is 2.72. The zero-order valence-corrected chi connectivity index (χ0v) is 15.8. The molecule has 28 heavy (non-hydrogen) atoms. The molecule has 1 heterocycles. The van der Waals surface area contributed by atoms with Crippen molar-refractivity contribution in [1.29, 1.82) is 0 Å². The molecular formula is C18H19ClN4O5. The Bertz CT molecular complexity index is 886. The average molecular weight is 407 g/mol. The molecular weight excluding hydrogens is 388 g/mol. The lowest BCUT2D eigenvalue weighted by molar-refractivity contribution is -0.384. The summed E-state index contributed by atoms with van der Waals surface area (Å²) < 4.78 is 4.74. The number of methoxy groups -OCH3 is 1. The molecule has 10 heteroatoms. The van der Waals surface area contributed by atoms with Gasteiger partial charge >= 0.3 is 5.97 Å². The molecule has 0 spiro atoms. The number of nitrogens with zero attached hydrogens (tertiary/aromatic N) is 3. The molecule has 2 aromatic rings. The van der Waals surface area contributed by atoms with E-state index in [-0.39, 0.29) is 34.7 Å². The van der Waals surface area contributed by atoms with Gasteiger partial charge in [-0.05, 0) is 24.8 Å². The van der Waals surface area contributed by atoms with Gasteiger partial charge in [0.25, 0.3) is 5.69 Å². The van der Waals surface area contributed by atoms with Gasteiger partial charge in [0.15, 0.2) is 5.69 Å². The van der Waals surface area contributed by atoms with Gasteiger partial charge in [0, 0.05) is 18.1 Å². The fraction of sp³-hybridized carbons (Fsp3) is 0.389. The van der Waals surface area contributed by atoms with E-state index in [1.807, 2.05) is 0 Å². The Labute approximate surface area is 165 Å². The first kappa shape index (κ1) is 20.0. The number of benzene rings is 1. The molecule has 1 fully saturated rings. The Hall–Kier alpha value is -2.78. The number of hydrogen-bond acceptors (Lipinski definition) is 8. The largest absolute Gasteiger partial charge is 0.464 e. The van der Waals surface area contributed by atoms with Crippen LogP contribution in [-0.4, -0.2) is 45.7 Å². The molecule has 2 N–H and O–H groups in total. The van der Waals surface area contributed by atoms with Crippen LogP contribution in [0.15, 0.2) is 24.3 Å². The first-order valence-electron chi connectivity index (χ1n) is 8.69. The fourth-order valence-electron chi connectivity index (χ4n) is 2.71. The summed E-state index contributed by atoms with van der Waals surface area (Å²) in [6, 6.07) is 5.59. The first-order chi connectivity index (χ1) is 13.4. The van der Waals surface area contributed by atoms with Crippen molar-refractivity contribution in [3.8, 4) is 0 Å². The van der Waals surface area contributed by atoms with Crippen molar-refractivity contribution in [2.45, 2.75) is 31.2 Å². The van der Waals surface area contributed by atoms with E-state index in [4.69, 9.17) is 16.3 Å². The lowest BCUT2D eigenvalue weighted by Crippen LogP contribution is -2.28. The summed E-state index contributed by atoms with van der Waals surface area (Å²) in [6.45, 7) is -0.233. The molecule has 1 atom stereocenters. The third-order valence-corrected chi connectivity index (χ3v) is 4.74. The number of anilines is 1. The summed E-state index contributed by atoms with van der Waals surface area (Å²) in [6.07, 6.45) is 2.25. The van der Waals surface area contributed by atoms with Crippen molar-refractivity contribution >= 4 is 29.1 Å². The SMILES string of the molecule is COC(=O)c1nc(C2CC2)nc(NC(CO)Cc2ccc([N+](=O)[O-])cc2)c1Cl. The Morgan fingerprint density at radius 1 is 1.39 bits per heavy atom. The molecule has 3 rings (SSSR count). The standard InChI is InChI=1S/C18H19ClN4O5/c1-28-18(25)15-14(19)17(22-16(21-15)11-4-5-11)20-12(9-24)8-10-2-6-13(7-3-10)23(26)27/h2-3,6-7,11-12,24H,4-5,8-9H2,1H3,(H,20,21,22). The second-order valence-corrected chi connectivity index (χ2v) is 6.89. The number of carbonyl (C=O) groups excluding carboxylic acids is 1. The highest BCUT2D eigenvalue weighted by molar-refractivity contribution is 6.35. The van der Waals surface area contributed by atoms with Gasteiger partial charge in [-0.1, -0.05) is 23.7 Å². The predicted molar refractivity (Wildman–Crippen MR) is 102 cm³/mol. The van der Waals surface area contributed by atoms with Crippen LogP contribution in [-0.2, 0) is 11.2 Å². The maximum absolute atomic E-state index is 12.0. The number of aliphatic hydroxyl groups excluding tert-OH is 1. The lowest BCUT2D eigenvalue weighted by atomic mass is 10.1. The number of aliphatic hydroxyl groups is 1. The van der Waals surface area contributed by atoms with Gasteiger partial charge < -0.3 is 15.2 Å². The Balaban J connectivity index is 1.82. The van der Waals surface area contributed by atoms with Crippen LogP contribution in [0.4, 0.5) is 11.5 Å². The number of ether oxygens (including phenoxy) is 1. The molecule has 1 saturated carbocycles. The molecule has 1 unspecified atom stereocenters. The first-order valence-corrected chi connectivity index (χ1v) is 9.07. The minimum absolute atomic E-state index is 0.00658. The van der Waals surface area contributed by atoms with Crippen LogP contribution in [0.3, 0.4) is 0 Å². The van der Waals surface area contributed by atoms with Crippen LogP contribution in [0.25, 0.3) is 0 Å². The molecule has 148 valence electrons. The Morgan fingerprint density at radius 3 is 2.61 bits per heavy atom. The lowest BCUT2D eigenvalue weighted by Gasteiger charge is -2.19. The number of halogens is 1. The molecule has 1 aromatic carbocycles. The van der Waals surface area contributed by atoms with Crippen molar-refractivity contribution in [1.82, 2.24) is 9.97 Å². The highest BCUT2D eigenvalue weighted by atomic mass is 35.5. The van der Waals surface area contributed by atoms with Crippen molar-refractivity contribution < 1.29 is 19.6 Å². The number of rotatable bonds is 8. The van der Waals surface area contributed by atoms with Gasteiger partial charge in [0.1, 0.15) is 16.7 Å². The normalized spacial score (nSPS) is 14.4. The third-order valence-electron chi connectivity index (χ3n) is 4.38. The Morgan fingerprint density at radius 2 is 2.07 bits per heavy atom. The highest BCUT2D eigenvalue weighted by Crippen LogP contribution is 2.39. The Kier molecular flexibility index (Phi) is 6.05. The summed E-state index contributed by atoms with van der Waals surface area (Å²) in [5, 5.41) is 23.6. The van der Waals surface area contributed by atoms with E-state index in [0.29, 0.717) is 12.2 Å². The summed E-state index contributed by atoms with van der Waals surface area (Å²) in [4.78, 5) is 30.9. The van der Waals surface area contributed by atoms with E-state index in [1.54, 1.807) is 12.1 Å². The highest BCUT2D eigenvalue weighted by Gasteiger charge is 2.30. The number of nitro groups is 1. The summed E-state index contributed by atoms with van der Waals surface area (Å²) in [5.74, 6) is 0.288. The second-order valence-electron chi connectivity index (χ2n) is 6.51. The van der Waals surface area contributed by atoms with E-state index in [2.05, 4.69) is 15.3 Å². The summed E-state index contributed by atoms with van der Waals surface area (Å²) in [7, 11) is 1.25. The molecule has 1 aliphatic carbocycles. The van der Waals surface area contributed by atoms with Crippen molar-refractivity contribution in [2.24, 2.45) is 0 Å². The number of aromatic nitrogens is 2. The zero-order chi connectivity index (χ0) is 20.3. The molecule has 0 amide bonds.